The molecule has 0 aliphatic heterocycles. The molecule has 0 aliphatic rings. The van der Waals surface area contributed by atoms with Crippen LogP contribution in [0.15, 0.2) is 54.6 Å². The third kappa shape index (κ3) is 3.27. The number of carbonyl (C=O) groups is 1. The Labute approximate surface area is 121 Å². The third-order valence-corrected chi connectivity index (χ3v) is 3.15. The standard InChI is InChI=1S/C16H15N3O2/c20-16(19-21-11-12-6-2-1-3-7-12)10-15-13-8-4-5-9-14(13)17-18-15/h1-9H,10-11H2,(H,17,18)(H,19,20). The highest BCUT2D eigenvalue weighted by Crippen LogP contribution is 2.15. The van der Waals surface area contributed by atoms with Crippen LogP contribution in [-0.4, -0.2) is 16.1 Å². The average molecular weight is 281 g/mol. The van der Waals surface area contributed by atoms with E-state index < -0.39 is 0 Å². The molecule has 0 bridgehead atoms. The van der Waals surface area contributed by atoms with Crippen LogP contribution >= 0.6 is 0 Å². The minimum Gasteiger partial charge on any atom is -0.281 e. The van der Waals surface area contributed by atoms with Gasteiger partial charge in [0, 0.05) is 5.39 Å². The van der Waals surface area contributed by atoms with Crippen molar-refractivity contribution in [1.29, 1.82) is 0 Å². The van der Waals surface area contributed by atoms with E-state index in [0.717, 1.165) is 22.2 Å². The Morgan fingerprint density at radius 3 is 2.71 bits per heavy atom. The van der Waals surface area contributed by atoms with E-state index in [-0.39, 0.29) is 12.3 Å². The molecule has 5 nitrogen and oxygen atoms in total. The molecule has 106 valence electrons. The van der Waals surface area contributed by atoms with Gasteiger partial charge < -0.3 is 0 Å². The second-order valence-electron chi connectivity index (χ2n) is 4.70. The fourth-order valence-electron chi connectivity index (χ4n) is 2.12. The summed E-state index contributed by atoms with van der Waals surface area (Å²) in [6.45, 7) is 0.344. The summed E-state index contributed by atoms with van der Waals surface area (Å²) in [6, 6.07) is 17.3. The SMILES string of the molecule is O=C(Cc1[nH]nc2ccccc12)NOCc1ccccc1. The molecule has 0 spiro atoms. The Kier molecular flexibility index (Phi) is 3.93. The van der Waals surface area contributed by atoms with Crippen LogP contribution in [0, 0.1) is 0 Å². The van der Waals surface area contributed by atoms with Crippen molar-refractivity contribution in [3.05, 3.63) is 65.9 Å². The first-order valence-corrected chi connectivity index (χ1v) is 6.69. The molecule has 0 aliphatic carbocycles. The monoisotopic (exact) mass is 281 g/mol. The summed E-state index contributed by atoms with van der Waals surface area (Å²) >= 11 is 0. The molecule has 0 fully saturated rings. The van der Waals surface area contributed by atoms with Gasteiger partial charge in [0.15, 0.2) is 0 Å². The van der Waals surface area contributed by atoms with E-state index in [1.807, 2.05) is 54.6 Å². The van der Waals surface area contributed by atoms with Crippen molar-refractivity contribution in [1.82, 2.24) is 15.7 Å². The fraction of sp³-hybridized carbons (Fsp3) is 0.125. The number of aromatic nitrogens is 2. The molecule has 0 unspecified atom stereocenters. The number of amides is 1. The number of fused-ring (bicyclic) bond motifs is 1. The van der Waals surface area contributed by atoms with Gasteiger partial charge in [-0.05, 0) is 11.6 Å². The van der Waals surface area contributed by atoms with Gasteiger partial charge in [-0.1, -0.05) is 48.5 Å². The quantitative estimate of drug-likeness (QED) is 0.705. The molecule has 0 radical (unpaired) electrons. The number of hydrogen-bond donors (Lipinski definition) is 2. The smallest absolute Gasteiger partial charge is 0.249 e. The predicted molar refractivity (Wildman–Crippen MR) is 79.2 cm³/mol. The number of hydrogen-bond acceptors (Lipinski definition) is 3. The molecule has 2 aromatic carbocycles. The van der Waals surface area contributed by atoms with Crippen molar-refractivity contribution < 1.29 is 9.63 Å². The molecule has 5 heteroatoms. The van der Waals surface area contributed by atoms with E-state index >= 15 is 0 Å². The van der Waals surface area contributed by atoms with Crippen LogP contribution in [0.3, 0.4) is 0 Å². The maximum absolute atomic E-state index is 11.9. The highest BCUT2D eigenvalue weighted by Gasteiger charge is 2.09. The van der Waals surface area contributed by atoms with Gasteiger partial charge in [-0.3, -0.25) is 14.7 Å². The molecule has 0 saturated carbocycles. The van der Waals surface area contributed by atoms with E-state index in [2.05, 4.69) is 15.7 Å². The first kappa shape index (κ1) is 13.3. The van der Waals surface area contributed by atoms with Crippen LogP contribution in [0.5, 0.6) is 0 Å². The summed E-state index contributed by atoms with van der Waals surface area (Å²) in [7, 11) is 0. The van der Waals surface area contributed by atoms with E-state index in [1.165, 1.54) is 0 Å². The highest BCUT2D eigenvalue weighted by molar-refractivity contribution is 5.86. The number of benzene rings is 2. The van der Waals surface area contributed by atoms with Crippen molar-refractivity contribution in [3.8, 4) is 0 Å². The number of hydroxylamine groups is 1. The molecule has 0 saturated heterocycles. The van der Waals surface area contributed by atoms with Crippen molar-refractivity contribution in [2.75, 3.05) is 0 Å². The van der Waals surface area contributed by atoms with Gasteiger partial charge in [0.1, 0.15) is 0 Å². The maximum atomic E-state index is 11.9. The molecule has 1 amide bonds. The molecular weight excluding hydrogens is 266 g/mol. The number of nitrogens with one attached hydrogen (secondary N) is 2. The number of carbonyl (C=O) groups excluding carboxylic acids is 1. The first-order valence-electron chi connectivity index (χ1n) is 6.69. The van der Waals surface area contributed by atoms with Gasteiger partial charge in [-0.2, -0.15) is 5.10 Å². The number of aromatic amines is 1. The Balaban J connectivity index is 1.55. The van der Waals surface area contributed by atoms with Crippen molar-refractivity contribution in [2.45, 2.75) is 13.0 Å². The second-order valence-corrected chi connectivity index (χ2v) is 4.70. The van der Waals surface area contributed by atoms with Crippen molar-refractivity contribution >= 4 is 16.8 Å². The lowest BCUT2D eigenvalue weighted by Gasteiger charge is -2.05. The summed E-state index contributed by atoms with van der Waals surface area (Å²) in [6.07, 6.45) is 0.204. The van der Waals surface area contributed by atoms with Gasteiger partial charge in [-0.15, -0.1) is 0 Å². The van der Waals surface area contributed by atoms with Crippen LogP contribution in [0.25, 0.3) is 10.9 Å². The Morgan fingerprint density at radius 1 is 1.10 bits per heavy atom. The normalized spacial score (nSPS) is 10.7. The Morgan fingerprint density at radius 2 is 1.86 bits per heavy atom. The topological polar surface area (TPSA) is 67.0 Å². The summed E-state index contributed by atoms with van der Waals surface area (Å²) in [5, 5.41) is 7.99. The summed E-state index contributed by atoms with van der Waals surface area (Å²) in [4.78, 5) is 17.1. The van der Waals surface area contributed by atoms with Crippen LogP contribution in [-0.2, 0) is 22.7 Å². The lowest BCUT2D eigenvalue weighted by molar-refractivity contribution is -0.133. The summed E-state index contributed by atoms with van der Waals surface area (Å²) < 4.78 is 0. The van der Waals surface area contributed by atoms with E-state index in [1.54, 1.807) is 0 Å². The average Bonchev–Trinajstić information content (AvgIpc) is 2.92. The van der Waals surface area contributed by atoms with E-state index in [9.17, 15) is 4.79 Å². The second kappa shape index (κ2) is 6.19. The lowest BCUT2D eigenvalue weighted by Crippen LogP contribution is -2.25. The lowest BCUT2D eigenvalue weighted by atomic mass is 10.1. The number of nitrogens with zero attached hydrogens (tertiary/aromatic N) is 1. The fourth-order valence-corrected chi connectivity index (χ4v) is 2.12. The Bertz CT molecular complexity index is 737. The predicted octanol–water partition coefficient (Wildman–Crippen LogP) is 2.35. The maximum Gasteiger partial charge on any atom is 0.249 e. The number of H-pyrrole nitrogens is 1. The zero-order chi connectivity index (χ0) is 14.5. The zero-order valence-corrected chi connectivity index (χ0v) is 11.4. The van der Waals surface area contributed by atoms with Crippen LogP contribution in [0.2, 0.25) is 0 Å². The molecule has 3 rings (SSSR count). The van der Waals surface area contributed by atoms with Gasteiger partial charge in [0.25, 0.3) is 0 Å². The number of para-hydroxylation sites is 1. The van der Waals surface area contributed by atoms with E-state index in [4.69, 9.17) is 4.84 Å². The minimum absolute atomic E-state index is 0.204. The van der Waals surface area contributed by atoms with Crippen molar-refractivity contribution in [2.24, 2.45) is 0 Å². The summed E-state index contributed by atoms with van der Waals surface area (Å²) in [5.74, 6) is -0.208. The van der Waals surface area contributed by atoms with Gasteiger partial charge in [-0.25, -0.2) is 5.48 Å². The molecular formula is C16H15N3O2. The number of rotatable bonds is 5. The first-order chi connectivity index (χ1) is 10.3. The molecule has 3 aromatic rings. The van der Waals surface area contributed by atoms with Crippen LogP contribution in [0.1, 0.15) is 11.3 Å². The molecule has 21 heavy (non-hydrogen) atoms. The zero-order valence-electron chi connectivity index (χ0n) is 11.4. The van der Waals surface area contributed by atoms with E-state index in [0.29, 0.717) is 6.61 Å². The highest BCUT2D eigenvalue weighted by atomic mass is 16.6. The molecule has 2 N–H and O–H groups in total. The van der Waals surface area contributed by atoms with Crippen LogP contribution in [0.4, 0.5) is 0 Å². The molecule has 0 atom stereocenters. The molecule has 1 aromatic heterocycles. The molecule has 1 heterocycles. The Hall–Kier alpha value is -2.66. The summed E-state index contributed by atoms with van der Waals surface area (Å²) in [5.41, 5.74) is 5.09. The van der Waals surface area contributed by atoms with Crippen molar-refractivity contribution in [3.63, 3.8) is 0 Å². The van der Waals surface area contributed by atoms with Crippen LogP contribution < -0.4 is 5.48 Å². The van der Waals surface area contributed by atoms with Gasteiger partial charge >= 0.3 is 0 Å². The van der Waals surface area contributed by atoms with Gasteiger partial charge in [0.2, 0.25) is 5.91 Å². The van der Waals surface area contributed by atoms with Gasteiger partial charge in [0.05, 0.1) is 24.2 Å². The largest absolute Gasteiger partial charge is 0.281 e. The third-order valence-electron chi connectivity index (χ3n) is 3.15. The minimum atomic E-state index is -0.208.